The lowest BCUT2D eigenvalue weighted by Crippen LogP contribution is -2.42. The maximum atomic E-state index is 13.4. The van der Waals surface area contributed by atoms with Crippen molar-refractivity contribution in [1.82, 2.24) is 4.90 Å². The summed E-state index contributed by atoms with van der Waals surface area (Å²) in [7, 11) is 0. The summed E-state index contributed by atoms with van der Waals surface area (Å²) in [6, 6.07) is 29.0. The molecular weight excluding hydrogens is 368 g/mol. The quantitative estimate of drug-likeness (QED) is 0.478. The summed E-state index contributed by atoms with van der Waals surface area (Å²) >= 11 is 0. The Morgan fingerprint density at radius 1 is 0.767 bits per heavy atom. The Kier molecular flexibility index (Phi) is 7.29. The Hall–Kier alpha value is -3.07. The third-order valence-electron chi connectivity index (χ3n) is 5.34. The van der Waals surface area contributed by atoms with Gasteiger partial charge < -0.3 is 10.2 Å². The highest BCUT2D eigenvalue weighted by atomic mass is 16.2. The maximum absolute atomic E-state index is 13.4. The minimum absolute atomic E-state index is 0.0640. The summed E-state index contributed by atoms with van der Waals surface area (Å²) in [5.74, 6) is 0.0992. The van der Waals surface area contributed by atoms with Crippen LogP contribution < -0.4 is 5.32 Å². The lowest BCUT2D eigenvalue weighted by Gasteiger charge is -2.32. The summed E-state index contributed by atoms with van der Waals surface area (Å²) in [5, 5.41) is 3.66. The number of carbonyl (C=O) groups excluding carboxylic acids is 1. The van der Waals surface area contributed by atoms with Crippen LogP contribution in [0.15, 0.2) is 84.9 Å². The number of benzene rings is 3. The largest absolute Gasteiger partial charge is 0.378 e. The summed E-state index contributed by atoms with van der Waals surface area (Å²) in [5.41, 5.74) is 4.12. The highest BCUT2D eigenvalue weighted by Gasteiger charge is 2.24. The first-order valence-corrected chi connectivity index (χ1v) is 10.7. The zero-order chi connectivity index (χ0) is 21.5. The Morgan fingerprint density at radius 2 is 1.30 bits per heavy atom. The van der Waals surface area contributed by atoms with Gasteiger partial charge in [0.1, 0.15) is 0 Å². The van der Waals surface area contributed by atoms with Gasteiger partial charge in [0.2, 0.25) is 0 Å². The van der Waals surface area contributed by atoms with Crippen molar-refractivity contribution < 1.29 is 4.79 Å². The van der Waals surface area contributed by atoms with Crippen molar-refractivity contribution >= 4 is 11.6 Å². The fourth-order valence-electron chi connectivity index (χ4n) is 4.00. The highest BCUT2D eigenvalue weighted by molar-refractivity contribution is 5.96. The van der Waals surface area contributed by atoms with Gasteiger partial charge in [-0.25, -0.2) is 0 Å². The number of carbonyl (C=O) groups is 1. The average molecular weight is 401 g/mol. The van der Waals surface area contributed by atoms with Crippen molar-refractivity contribution in [2.24, 2.45) is 0 Å². The molecule has 0 bridgehead atoms. The molecule has 0 aliphatic carbocycles. The van der Waals surface area contributed by atoms with E-state index in [1.807, 2.05) is 47.4 Å². The number of hydrogen-bond donors (Lipinski definition) is 1. The molecule has 0 aromatic heterocycles. The first-order valence-electron chi connectivity index (χ1n) is 10.7. The van der Waals surface area contributed by atoms with E-state index in [9.17, 15) is 4.79 Å². The van der Waals surface area contributed by atoms with E-state index in [1.165, 1.54) is 5.56 Å². The SMILES string of the molecule is CC(C)N(C(=O)c1ccccc1CC(Nc1ccccc1)c1ccccc1)C(C)C. The van der Waals surface area contributed by atoms with Gasteiger partial charge >= 0.3 is 0 Å². The molecule has 0 fully saturated rings. The van der Waals surface area contributed by atoms with E-state index in [0.717, 1.165) is 23.2 Å². The van der Waals surface area contributed by atoms with Crippen LogP contribution in [0.1, 0.15) is 55.2 Å². The van der Waals surface area contributed by atoms with Gasteiger partial charge in [-0.15, -0.1) is 0 Å². The van der Waals surface area contributed by atoms with E-state index in [1.54, 1.807) is 0 Å². The summed E-state index contributed by atoms with van der Waals surface area (Å²) < 4.78 is 0. The standard InChI is InChI=1S/C27H32N2O/c1-20(2)29(21(3)4)27(30)25-18-12-11-15-23(25)19-26(22-13-7-5-8-14-22)28-24-16-9-6-10-17-24/h5-18,20-21,26,28H,19H2,1-4H3. The Labute approximate surface area is 180 Å². The molecular formula is C27H32N2O. The van der Waals surface area contributed by atoms with Gasteiger partial charge in [-0.3, -0.25) is 4.79 Å². The number of nitrogens with one attached hydrogen (secondary N) is 1. The number of amides is 1. The number of hydrogen-bond acceptors (Lipinski definition) is 2. The van der Waals surface area contributed by atoms with E-state index in [4.69, 9.17) is 0 Å². The van der Waals surface area contributed by atoms with E-state index < -0.39 is 0 Å². The minimum Gasteiger partial charge on any atom is -0.378 e. The second kappa shape index (κ2) is 10.1. The third-order valence-corrected chi connectivity index (χ3v) is 5.34. The maximum Gasteiger partial charge on any atom is 0.254 e. The summed E-state index contributed by atoms with van der Waals surface area (Å²) in [6.45, 7) is 8.29. The first kappa shape index (κ1) is 21.6. The van der Waals surface area contributed by atoms with E-state index >= 15 is 0 Å². The number of nitrogens with zero attached hydrogens (tertiary/aromatic N) is 1. The molecule has 0 spiro atoms. The van der Waals surface area contributed by atoms with Crippen molar-refractivity contribution in [1.29, 1.82) is 0 Å². The Bertz CT molecular complexity index is 927. The van der Waals surface area contributed by atoms with Gasteiger partial charge in [-0.1, -0.05) is 66.7 Å². The molecule has 1 N–H and O–H groups in total. The van der Waals surface area contributed by atoms with Gasteiger partial charge in [0.25, 0.3) is 5.91 Å². The van der Waals surface area contributed by atoms with Gasteiger partial charge in [-0.05, 0) is 63.4 Å². The van der Waals surface area contributed by atoms with Crippen LogP contribution in [-0.4, -0.2) is 22.9 Å². The summed E-state index contributed by atoms with van der Waals surface area (Å²) in [4.78, 5) is 15.4. The normalized spacial score (nSPS) is 12.1. The molecule has 0 saturated heterocycles. The molecule has 156 valence electrons. The third kappa shape index (κ3) is 5.29. The molecule has 0 saturated carbocycles. The van der Waals surface area contributed by atoms with Crippen molar-refractivity contribution in [2.45, 2.75) is 52.2 Å². The lowest BCUT2D eigenvalue weighted by atomic mass is 9.94. The van der Waals surface area contributed by atoms with Crippen LogP contribution in [0.25, 0.3) is 0 Å². The number of rotatable bonds is 8. The lowest BCUT2D eigenvalue weighted by molar-refractivity contribution is 0.0642. The molecule has 1 unspecified atom stereocenters. The molecule has 3 aromatic rings. The van der Waals surface area contributed by atoms with E-state index in [2.05, 4.69) is 75.5 Å². The molecule has 3 aromatic carbocycles. The van der Waals surface area contributed by atoms with Crippen LogP contribution >= 0.6 is 0 Å². The van der Waals surface area contributed by atoms with Gasteiger partial charge in [-0.2, -0.15) is 0 Å². The van der Waals surface area contributed by atoms with Gasteiger partial charge in [0, 0.05) is 23.3 Å². The Morgan fingerprint density at radius 3 is 1.90 bits per heavy atom. The van der Waals surface area contributed by atoms with Crippen molar-refractivity contribution in [3.05, 3.63) is 102 Å². The second-order valence-corrected chi connectivity index (χ2v) is 8.23. The van der Waals surface area contributed by atoms with Crippen LogP contribution in [0, 0.1) is 0 Å². The second-order valence-electron chi connectivity index (χ2n) is 8.23. The monoisotopic (exact) mass is 400 g/mol. The van der Waals surface area contributed by atoms with E-state index in [0.29, 0.717) is 0 Å². The molecule has 3 nitrogen and oxygen atoms in total. The van der Waals surface area contributed by atoms with Gasteiger partial charge in [0.05, 0.1) is 6.04 Å². The highest BCUT2D eigenvalue weighted by Crippen LogP contribution is 2.26. The molecule has 3 rings (SSSR count). The van der Waals surface area contributed by atoms with Gasteiger partial charge in [0.15, 0.2) is 0 Å². The molecule has 3 heteroatoms. The molecule has 30 heavy (non-hydrogen) atoms. The smallest absolute Gasteiger partial charge is 0.254 e. The van der Waals surface area contributed by atoms with Crippen molar-refractivity contribution in [3.63, 3.8) is 0 Å². The topological polar surface area (TPSA) is 32.3 Å². The molecule has 0 aliphatic rings. The zero-order valence-corrected chi connectivity index (χ0v) is 18.4. The fourth-order valence-corrected chi connectivity index (χ4v) is 4.00. The van der Waals surface area contributed by atoms with Crippen LogP contribution in [-0.2, 0) is 6.42 Å². The van der Waals surface area contributed by atoms with E-state index in [-0.39, 0.29) is 24.0 Å². The van der Waals surface area contributed by atoms with Crippen molar-refractivity contribution in [2.75, 3.05) is 5.32 Å². The first-order chi connectivity index (χ1) is 14.5. The molecule has 1 atom stereocenters. The Balaban J connectivity index is 1.94. The van der Waals surface area contributed by atoms with Crippen LogP contribution in [0.4, 0.5) is 5.69 Å². The molecule has 0 radical (unpaired) electrons. The molecule has 0 heterocycles. The van der Waals surface area contributed by atoms with Crippen LogP contribution in [0.2, 0.25) is 0 Å². The average Bonchev–Trinajstić information content (AvgIpc) is 2.74. The predicted octanol–water partition coefficient (Wildman–Crippen LogP) is 6.34. The summed E-state index contributed by atoms with van der Waals surface area (Å²) in [6.07, 6.45) is 0.727. The van der Waals surface area contributed by atoms with Crippen LogP contribution in [0.5, 0.6) is 0 Å². The predicted molar refractivity (Wildman–Crippen MR) is 126 cm³/mol. The van der Waals surface area contributed by atoms with Crippen molar-refractivity contribution in [3.8, 4) is 0 Å². The minimum atomic E-state index is 0.0640. The fraction of sp³-hybridized carbons (Fsp3) is 0.296. The zero-order valence-electron chi connectivity index (χ0n) is 18.4. The number of para-hydroxylation sites is 1. The van der Waals surface area contributed by atoms with Crippen LogP contribution in [0.3, 0.4) is 0 Å². The molecule has 1 amide bonds. The number of anilines is 1. The molecule has 0 aliphatic heterocycles.